The molecule has 0 saturated carbocycles. The largest absolute Gasteiger partial charge is 0.352 e. The first kappa shape index (κ1) is 14.1. The zero-order valence-electron chi connectivity index (χ0n) is 8.54. The third-order valence-electron chi connectivity index (χ3n) is 2.20. The molecule has 1 atom stereocenters. The van der Waals surface area contributed by atoms with Gasteiger partial charge in [0.15, 0.2) is 0 Å². The van der Waals surface area contributed by atoms with Crippen molar-refractivity contribution in [1.82, 2.24) is 10.6 Å². The average Bonchev–Trinajstić information content (AvgIpc) is 2.16. The summed E-state index contributed by atoms with van der Waals surface area (Å²) in [7, 11) is 0. The molecule has 1 amide bonds. The van der Waals surface area contributed by atoms with Crippen LogP contribution < -0.4 is 10.6 Å². The standard InChI is InChI=1S/C9H18N2OS.ClH/c1-13-6-4-9(12)11-8-3-2-5-10-7-8;/h8,10H,2-7H2,1H3,(H,11,12);1H/t8-;/m0./s1. The topological polar surface area (TPSA) is 41.1 Å². The number of nitrogens with one attached hydrogen (secondary N) is 2. The fourth-order valence-electron chi connectivity index (χ4n) is 1.47. The highest BCUT2D eigenvalue weighted by molar-refractivity contribution is 7.98. The van der Waals surface area contributed by atoms with E-state index in [0.29, 0.717) is 12.5 Å². The Morgan fingerprint density at radius 2 is 2.43 bits per heavy atom. The molecule has 14 heavy (non-hydrogen) atoms. The van der Waals surface area contributed by atoms with Gasteiger partial charge >= 0.3 is 0 Å². The summed E-state index contributed by atoms with van der Waals surface area (Å²) >= 11 is 1.72. The fourth-order valence-corrected chi connectivity index (χ4v) is 1.86. The second kappa shape index (κ2) is 8.38. The third kappa shape index (κ3) is 5.73. The van der Waals surface area contributed by atoms with Gasteiger partial charge < -0.3 is 10.6 Å². The molecule has 2 N–H and O–H groups in total. The summed E-state index contributed by atoms with van der Waals surface area (Å²) in [6, 6.07) is 0.364. The van der Waals surface area contributed by atoms with Gasteiger partial charge in [0.25, 0.3) is 0 Å². The average molecular weight is 239 g/mol. The van der Waals surface area contributed by atoms with Gasteiger partial charge in [0.1, 0.15) is 0 Å². The first-order valence-corrected chi connectivity index (χ1v) is 6.21. The summed E-state index contributed by atoms with van der Waals surface area (Å²) in [5.74, 6) is 1.12. The molecule has 1 saturated heterocycles. The molecule has 1 aliphatic rings. The molecule has 0 bridgehead atoms. The summed E-state index contributed by atoms with van der Waals surface area (Å²) < 4.78 is 0. The minimum atomic E-state index is 0. The Balaban J connectivity index is 0.00000169. The van der Waals surface area contributed by atoms with E-state index in [-0.39, 0.29) is 18.3 Å². The van der Waals surface area contributed by atoms with Crippen molar-refractivity contribution in [2.24, 2.45) is 0 Å². The first-order valence-electron chi connectivity index (χ1n) is 4.82. The van der Waals surface area contributed by atoms with Crippen LogP contribution >= 0.6 is 24.2 Å². The minimum absolute atomic E-state index is 0. The zero-order chi connectivity index (χ0) is 9.52. The highest BCUT2D eigenvalue weighted by Gasteiger charge is 2.14. The van der Waals surface area contributed by atoms with Gasteiger partial charge in [0.2, 0.25) is 5.91 Å². The highest BCUT2D eigenvalue weighted by atomic mass is 35.5. The predicted molar refractivity (Wildman–Crippen MR) is 64.3 cm³/mol. The lowest BCUT2D eigenvalue weighted by Crippen LogP contribution is -2.45. The van der Waals surface area contributed by atoms with E-state index >= 15 is 0 Å². The SMILES string of the molecule is CSCCC(=O)N[C@H]1CCCNC1.Cl. The van der Waals surface area contributed by atoms with E-state index < -0.39 is 0 Å². The van der Waals surface area contributed by atoms with Crippen LogP contribution in [0, 0.1) is 0 Å². The van der Waals surface area contributed by atoms with Crippen molar-refractivity contribution >= 4 is 30.1 Å². The molecule has 0 unspecified atom stereocenters. The van der Waals surface area contributed by atoms with Crippen LogP contribution in [0.5, 0.6) is 0 Å². The predicted octanol–water partition coefficient (Wildman–Crippen LogP) is 1.03. The molecule has 1 fully saturated rings. The van der Waals surface area contributed by atoms with Crippen LogP contribution in [-0.2, 0) is 4.79 Å². The Labute approximate surface area is 96.2 Å². The van der Waals surface area contributed by atoms with E-state index in [1.807, 2.05) is 6.26 Å². The van der Waals surface area contributed by atoms with Crippen LogP contribution in [0.3, 0.4) is 0 Å². The number of halogens is 1. The van der Waals surface area contributed by atoms with Gasteiger partial charge in [-0.15, -0.1) is 12.4 Å². The number of hydrogen-bond donors (Lipinski definition) is 2. The van der Waals surface area contributed by atoms with Crippen molar-refractivity contribution in [2.75, 3.05) is 25.1 Å². The Hall–Kier alpha value is 0.0700. The monoisotopic (exact) mass is 238 g/mol. The maximum atomic E-state index is 11.3. The molecule has 1 rings (SSSR count). The fraction of sp³-hybridized carbons (Fsp3) is 0.889. The number of thioether (sulfide) groups is 1. The summed E-state index contributed by atoms with van der Waals surface area (Å²) in [5.41, 5.74) is 0. The quantitative estimate of drug-likeness (QED) is 0.769. The summed E-state index contributed by atoms with van der Waals surface area (Å²) in [6.07, 6.45) is 4.97. The number of piperidine rings is 1. The van der Waals surface area contributed by atoms with E-state index in [2.05, 4.69) is 10.6 Å². The second-order valence-electron chi connectivity index (χ2n) is 3.35. The molecule has 1 aliphatic heterocycles. The molecular formula is C9H19ClN2OS. The lowest BCUT2D eigenvalue weighted by atomic mass is 10.1. The van der Waals surface area contributed by atoms with E-state index in [0.717, 1.165) is 25.3 Å². The van der Waals surface area contributed by atoms with Crippen molar-refractivity contribution in [3.8, 4) is 0 Å². The summed E-state index contributed by atoms with van der Waals surface area (Å²) in [5, 5.41) is 6.32. The number of carbonyl (C=O) groups excluding carboxylic acids is 1. The van der Waals surface area contributed by atoms with Crippen molar-refractivity contribution in [3.05, 3.63) is 0 Å². The molecule has 84 valence electrons. The maximum Gasteiger partial charge on any atom is 0.221 e. The van der Waals surface area contributed by atoms with Crippen molar-refractivity contribution in [3.63, 3.8) is 0 Å². The minimum Gasteiger partial charge on any atom is -0.352 e. The normalized spacial score (nSPS) is 21.1. The lowest BCUT2D eigenvalue weighted by molar-refractivity contribution is -0.121. The number of hydrogen-bond acceptors (Lipinski definition) is 3. The van der Waals surface area contributed by atoms with Gasteiger partial charge in [0, 0.05) is 24.8 Å². The van der Waals surface area contributed by atoms with Crippen molar-refractivity contribution in [2.45, 2.75) is 25.3 Å². The van der Waals surface area contributed by atoms with E-state index in [1.54, 1.807) is 11.8 Å². The molecule has 5 heteroatoms. The zero-order valence-corrected chi connectivity index (χ0v) is 10.2. The van der Waals surface area contributed by atoms with E-state index in [9.17, 15) is 4.79 Å². The molecule has 0 aromatic carbocycles. The molecule has 1 heterocycles. The van der Waals surface area contributed by atoms with Gasteiger partial charge in [-0.2, -0.15) is 11.8 Å². The van der Waals surface area contributed by atoms with Crippen LogP contribution in [0.2, 0.25) is 0 Å². The number of rotatable bonds is 4. The van der Waals surface area contributed by atoms with Crippen LogP contribution in [-0.4, -0.2) is 37.0 Å². The smallest absolute Gasteiger partial charge is 0.221 e. The maximum absolute atomic E-state index is 11.3. The first-order chi connectivity index (χ1) is 6.33. The van der Waals surface area contributed by atoms with Gasteiger partial charge in [-0.3, -0.25) is 4.79 Å². The Morgan fingerprint density at radius 1 is 1.64 bits per heavy atom. The molecule has 0 spiro atoms. The van der Waals surface area contributed by atoms with Gasteiger partial charge in [-0.1, -0.05) is 0 Å². The second-order valence-corrected chi connectivity index (χ2v) is 4.34. The van der Waals surface area contributed by atoms with Crippen LogP contribution in [0.15, 0.2) is 0 Å². The Kier molecular flexibility index (Phi) is 8.43. The molecule has 0 radical (unpaired) electrons. The Morgan fingerprint density at radius 3 is 3.00 bits per heavy atom. The molecule has 0 aromatic heterocycles. The molecule has 0 aliphatic carbocycles. The van der Waals surface area contributed by atoms with E-state index in [1.165, 1.54) is 6.42 Å². The van der Waals surface area contributed by atoms with Crippen molar-refractivity contribution in [1.29, 1.82) is 0 Å². The molecular weight excluding hydrogens is 220 g/mol. The van der Waals surface area contributed by atoms with Crippen molar-refractivity contribution < 1.29 is 4.79 Å². The van der Waals surface area contributed by atoms with Crippen LogP contribution in [0.4, 0.5) is 0 Å². The van der Waals surface area contributed by atoms with Gasteiger partial charge in [0.05, 0.1) is 0 Å². The van der Waals surface area contributed by atoms with Crippen LogP contribution in [0.25, 0.3) is 0 Å². The van der Waals surface area contributed by atoms with E-state index in [4.69, 9.17) is 0 Å². The number of carbonyl (C=O) groups is 1. The number of amides is 1. The Bertz CT molecular complexity index is 163. The highest BCUT2D eigenvalue weighted by Crippen LogP contribution is 2.02. The summed E-state index contributed by atoms with van der Waals surface area (Å²) in [6.45, 7) is 2.03. The lowest BCUT2D eigenvalue weighted by Gasteiger charge is -2.23. The third-order valence-corrected chi connectivity index (χ3v) is 2.81. The van der Waals surface area contributed by atoms with Gasteiger partial charge in [-0.25, -0.2) is 0 Å². The molecule has 0 aromatic rings. The van der Waals surface area contributed by atoms with Gasteiger partial charge in [-0.05, 0) is 25.6 Å². The van der Waals surface area contributed by atoms with Crippen LogP contribution in [0.1, 0.15) is 19.3 Å². The summed E-state index contributed by atoms with van der Waals surface area (Å²) in [4.78, 5) is 11.3. The molecule has 3 nitrogen and oxygen atoms in total.